The third kappa shape index (κ3) is 7.14. The first-order chi connectivity index (χ1) is 35.5. The molecule has 1 heterocycles. The topological polar surface area (TPSA) is 62.5 Å². The van der Waals surface area contributed by atoms with Gasteiger partial charge in [0, 0.05) is 16.7 Å². The average molecular weight is 923 g/mol. The van der Waals surface area contributed by atoms with Crippen LogP contribution in [0, 0.1) is 23.2 Å². The van der Waals surface area contributed by atoms with Crippen molar-refractivity contribution in [2.45, 2.75) is 49.4 Å². The molecule has 9 aromatic carbocycles. The van der Waals surface area contributed by atoms with Crippen molar-refractivity contribution in [3.05, 3.63) is 235 Å². The van der Waals surface area contributed by atoms with Crippen molar-refractivity contribution in [2.24, 2.45) is 11.8 Å². The molecule has 342 valence electrons. The van der Waals surface area contributed by atoms with Crippen LogP contribution in [0.2, 0.25) is 0 Å². The van der Waals surface area contributed by atoms with Gasteiger partial charge in [0.25, 0.3) is 0 Å². The molecule has 5 aliphatic carbocycles. The van der Waals surface area contributed by atoms with Gasteiger partial charge in [-0.3, -0.25) is 0 Å². The van der Waals surface area contributed by atoms with E-state index in [0.29, 0.717) is 23.0 Å². The molecule has 72 heavy (non-hydrogen) atoms. The van der Waals surface area contributed by atoms with E-state index >= 15 is 0 Å². The van der Waals surface area contributed by atoms with Gasteiger partial charge in [-0.05, 0) is 163 Å². The Labute approximate surface area is 421 Å². The monoisotopic (exact) mass is 922 g/mol. The Morgan fingerprint density at radius 1 is 0.333 bits per heavy atom. The smallest absolute Gasteiger partial charge is 0.164 e. The van der Waals surface area contributed by atoms with Crippen LogP contribution in [0.3, 0.4) is 0 Å². The Bertz CT molecular complexity index is 3690. The Balaban J connectivity index is 0.830. The lowest BCUT2D eigenvalue weighted by Crippen LogP contribution is -2.55. The van der Waals surface area contributed by atoms with Crippen molar-refractivity contribution >= 4 is 0 Å². The zero-order chi connectivity index (χ0) is 47.8. The maximum atomic E-state index is 9.33. The minimum atomic E-state index is 0.197. The van der Waals surface area contributed by atoms with Crippen LogP contribution >= 0.6 is 0 Å². The molecule has 4 saturated carbocycles. The highest BCUT2D eigenvalue weighted by Crippen LogP contribution is 2.66. The first-order valence-corrected chi connectivity index (χ1v) is 25.6. The van der Waals surface area contributed by atoms with Crippen molar-refractivity contribution in [3.63, 3.8) is 0 Å². The summed E-state index contributed by atoms with van der Waals surface area (Å²) in [6.07, 6.45) is 7.78. The Hall–Kier alpha value is -8.52. The summed E-state index contributed by atoms with van der Waals surface area (Å²) in [5, 5.41) is 9.33. The van der Waals surface area contributed by atoms with Gasteiger partial charge in [0.05, 0.1) is 11.6 Å². The molecule has 10 aromatic rings. The van der Waals surface area contributed by atoms with Crippen molar-refractivity contribution in [1.82, 2.24) is 15.0 Å². The maximum Gasteiger partial charge on any atom is 0.164 e. The van der Waals surface area contributed by atoms with Gasteiger partial charge in [0.1, 0.15) is 0 Å². The molecule has 0 saturated heterocycles. The lowest BCUT2D eigenvalue weighted by molar-refractivity contribution is -0.0281. The molecule has 0 amide bonds. The lowest BCUT2D eigenvalue weighted by atomic mass is 9.41. The van der Waals surface area contributed by atoms with Gasteiger partial charge in [-0.2, -0.15) is 5.26 Å². The molecule has 4 nitrogen and oxygen atoms in total. The summed E-state index contributed by atoms with van der Waals surface area (Å²) < 4.78 is 0. The summed E-state index contributed by atoms with van der Waals surface area (Å²) in [5.74, 6) is 3.46. The van der Waals surface area contributed by atoms with Crippen LogP contribution in [0.5, 0.6) is 0 Å². The first-order valence-electron chi connectivity index (χ1n) is 25.6. The average Bonchev–Trinajstić information content (AvgIpc) is 3.44. The standard InChI is InChI=1S/C68H50N4/c69-42-44-19-21-47(22-20-44)48-23-29-54(30-24-48)67-38-45-35-46(39-67)41-68(40-45,43-67)55-31-25-49(26-32-55)52-27-33-60-61-34-28-53(37-63(61)59-18-10-8-16-57(59)56-15-7-9-17-58(56)62(60)36-52)66-71-64(50-11-3-1-4-12-50)70-65(72-66)51-13-5-2-6-14-51/h1-34,36-37,45-46H,35,38-41,43H2. The van der Waals surface area contributed by atoms with E-state index in [2.05, 4.69) is 176 Å². The quantitative estimate of drug-likeness (QED) is 0.160. The van der Waals surface area contributed by atoms with E-state index in [1.807, 2.05) is 48.5 Å². The van der Waals surface area contributed by atoms with Gasteiger partial charge >= 0.3 is 0 Å². The minimum Gasteiger partial charge on any atom is -0.208 e. The van der Waals surface area contributed by atoms with Crippen LogP contribution in [0.4, 0.5) is 0 Å². The highest BCUT2D eigenvalue weighted by atomic mass is 15.0. The second kappa shape index (κ2) is 16.8. The van der Waals surface area contributed by atoms with Crippen molar-refractivity contribution in [1.29, 1.82) is 5.26 Å². The van der Waals surface area contributed by atoms with E-state index < -0.39 is 0 Å². The predicted molar refractivity (Wildman–Crippen MR) is 292 cm³/mol. The molecule has 15 rings (SSSR count). The number of hydrogen-bond acceptors (Lipinski definition) is 4. The third-order valence-corrected chi connectivity index (χ3v) is 16.7. The second-order valence-electron chi connectivity index (χ2n) is 21.0. The first kappa shape index (κ1) is 42.4. The van der Waals surface area contributed by atoms with Crippen LogP contribution in [0.15, 0.2) is 218 Å². The van der Waals surface area contributed by atoms with Crippen LogP contribution in [0.25, 0.3) is 101 Å². The summed E-state index contributed by atoms with van der Waals surface area (Å²) in [6.45, 7) is 0. The van der Waals surface area contributed by atoms with Crippen LogP contribution < -0.4 is 0 Å². The van der Waals surface area contributed by atoms with Gasteiger partial charge in [-0.15, -0.1) is 0 Å². The molecule has 2 atom stereocenters. The Morgan fingerprint density at radius 3 is 1.14 bits per heavy atom. The molecule has 0 spiro atoms. The number of benzene rings is 9. The number of rotatable bonds is 7. The number of nitriles is 1. The molecule has 2 unspecified atom stereocenters. The van der Waals surface area contributed by atoms with E-state index in [1.165, 1.54) is 105 Å². The molecule has 1 aromatic heterocycles. The molecular weight excluding hydrogens is 873 g/mol. The molecule has 0 N–H and O–H groups in total. The SMILES string of the molecule is N#Cc1ccc(-c2ccc(C34CC5CC(C3)CC(c3ccc(-c6ccc7c(c6)-c6ccccc6-c6ccccc6-c6cc(-c8nc(-c9ccccc9)nc(-c9ccccc9)n8)ccc6-7)cc3)(C5)C4)cc2)cc1. The van der Waals surface area contributed by atoms with Gasteiger partial charge in [0.15, 0.2) is 17.5 Å². The van der Waals surface area contributed by atoms with E-state index in [9.17, 15) is 5.26 Å². The Morgan fingerprint density at radius 2 is 0.681 bits per heavy atom. The van der Waals surface area contributed by atoms with Crippen molar-refractivity contribution < 1.29 is 0 Å². The van der Waals surface area contributed by atoms with E-state index in [0.717, 1.165) is 39.7 Å². The molecule has 4 fully saturated rings. The predicted octanol–water partition coefficient (Wildman–Crippen LogP) is 16.8. The molecule has 4 heteroatoms. The minimum absolute atomic E-state index is 0.197. The van der Waals surface area contributed by atoms with Crippen molar-refractivity contribution in [3.8, 4) is 107 Å². The molecule has 0 radical (unpaired) electrons. The fraction of sp³-hybridized carbons (Fsp3) is 0.147. The number of hydrogen-bond donors (Lipinski definition) is 0. The Kier molecular flexibility index (Phi) is 9.90. The van der Waals surface area contributed by atoms with E-state index in [4.69, 9.17) is 15.0 Å². The third-order valence-electron chi connectivity index (χ3n) is 16.7. The summed E-state index contributed by atoms with van der Waals surface area (Å²) in [6, 6.07) is 81.4. The number of nitrogens with zero attached hydrogens (tertiary/aromatic N) is 4. The largest absolute Gasteiger partial charge is 0.208 e. The zero-order valence-corrected chi connectivity index (χ0v) is 40.0. The maximum absolute atomic E-state index is 9.33. The fourth-order valence-corrected chi connectivity index (χ4v) is 13.9. The summed E-state index contributed by atoms with van der Waals surface area (Å²) >= 11 is 0. The number of aromatic nitrogens is 3. The second-order valence-corrected chi connectivity index (χ2v) is 21.0. The van der Waals surface area contributed by atoms with Crippen LogP contribution in [-0.2, 0) is 10.8 Å². The molecule has 5 aliphatic rings. The van der Waals surface area contributed by atoms with Crippen LogP contribution in [-0.4, -0.2) is 15.0 Å². The van der Waals surface area contributed by atoms with E-state index in [1.54, 1.807) is 0 Å². The molecular formula is C68H50N4. The molecule has 4 bridgehead atoms. The lowest BCUT2D eigenvalue weighted by Gasteiger charge is -2.63. The van der Waals surface area contributed by atoms with Gasteiger partial charge < -0.3 is 0 Å². The fourth-order valence-electron chi connectivity index (χ4n) is 13.9. The highest BCUT2D eigenvalue weighted by molar-refractivity contribution is 6.04. The van der Waals surface area contributed by atoms with Gasteiger partial charge in [-0.1, -0.05) is 194 Å². The number of fused-ring (bicyclic) bond motifs is 8. The normalized spacial score (nSPS) is 20.0. The van der Waals surface area contributed by atoms with Gasteiger partial charge in [0.2, 0.25) is 0 Å². The van der Waals surface area contributed by atoms with E-state index in [-0.39, 0.29) is 10.8 Å². The zero-order valence-electron chi connectivity index (χ0n) is 40.0. The summed E-state index contributed by atoms with van der Waals surface area (Å²) in [4.78, 5) is 15.3. The summed E-state index contributed by atoms with van der Waals surface area (Å²) in [5.41, 5.74) is 21.4. The van der Waals surface area contributed by atoms with Gasteiger partial charge in [-0.25, -0.2) is 15.0 Å². The van der Waals surface area contributed by atoms with Crippen molar-refractivity contribution in [2.75, 3.05) is 0 Å². The van der Waals surface area contributed by atoms with Crippen LogP contribution in [0.1, 0.15) is 55.2 Å². The molecule has 0 aliphatic heterocycles. The highest BCUT2D eigenvalue weighted by Gasteiger charge is 2.58. The summed E-state index contributed by atoms with van der Waals surface area (Å²) in [7, 11) is 0.